The van der Waals surface area contributed by atoms with Crippen molar-refractivity contribution >= 4 is 21.8 Å². The van der Waals surface area contributed by atoms with Crippen LogP contribution in [0, 0.1) is 20.8 Å². The summed E-state index contributed by atoms with van der Waals surface area (Å²) in [6, 6.07) is 11.4. The van der Waals surface area contributed by atoms with Gasteiger partial charge in [0.2, 0.25) is 0 Å². The lowest BCUT2D eigenvalue weighted by Gasteiger charge is -2.35. The Hall–Kier alpha value is -2.89. The lowest BCUT2D eigenvalue weighted by Crippen LogP contribution is -2.42. The fourth-order valence-corrected chi connectivity index (χ4v) is 5.84. The van der Waals surface area contributed by atoms with E-state index < -0.39 is 5.60 Å². The third-order valence-electron chi connectivity index (χ3n) is 7.86. The molecular formula is C30H37N3O2. The number of β-amino-alcohol motifs (C(OH)–C–C–N with tert-alkyl or cyclic N) is 1. The van der Waals surface area contributed by atoms with Gasteiger partial charge in [0.15, 0.2) is 0 Å². The first-order valence-electron chi connectivity index (χ1n) is 12.7. The molecule has 5 heteroatoms. The predicted octanol–water partition coefficient (Wildman–Crippen LogP) is 5.56. The molecule has 0 bridgehead atoms. The van der Waals surface area contributed by atoms with Crippen molar-refractivity contribution < 1.29 is 5.11 Å². The molecule has 1 aliphatic heterocycles. The number of H-pyrrole nitrogens is 1. The largest absolute Gasteiger partial charge is 0.389 e. The van der Waals surface area contributed by atoms with Crippen molar-refractivity contribution in [2.24, 2.45) is 7.05 Å². The van der Waals surface area contributed by atoms with Gasteiger partial charge in [0, 0.05) is 52.7 Å². The molecule has 2 N–H and O–H groups in total. The third-order valence-corrected chi connectivity index (χ3v) is 7.86. The Morgan fingerprint density at radius 3 is 2.34 bits per heavy atom. The van der Waals surface area contributed by atoms with Gasteiger partial charge in [0.25, 0.3) is 5.56 Å². The number of aryl methyl sites for hydroxylation is 2. The number of aromatic amines is 1. The zero-order valence-electron chi connectivity index (χ0n) is 21.8. The van der Waals surface area contributed by atoms with Gasteiger partial charge in [0.1, 0.15) is 0 Å². The summed E-state index contributed by atoms with van der Waals surface area (Å²) in [4.78, 5) is 18.4. The van der Waals surface area contributed by atoms with E-state index in [-0.39, 0.29) is 5.56 Å². The highest BCUT2D eigenvalue weighted by molar-refractivity contribution is 6.09. The highest BCUT2D eigenvalue weighted by Crippen LogP contribution is 2.36. The van der Waals surface area contributed by atoms with Gasteiger partial charge in [0.05, 0.1) is 5.60 Å². The standard InChI is InChI=1S/C30H37N3O2/c1-18-13-24-25-14-22(21-9-11-33(12-10-21)17-30(4,5)35)7-8-27(25)31-28(24)15-23(18)26-16-32(6)29(34)20(3)19(26)2/h7-8,13-16,21,31,35H,9-12,17H2,1-6H3. The molecule has 0 radical (unpaired) electrons. The van der Waals surface area contributed by atoms with Crippen LogP contribution in [0.4, 0.5) is 0 Å². The van der Waals surface area contributed by atoms with Crippen LogP contribution in [-0.2, 0) is 7.05 Å². The molecule has 2 aromatic heterocycles. The number of nitrogens with one attached hydrogen (secondary N) is 1. The van der Waals surface area contributed by atoms with E-state index in [1.165, 1.54) is 27.5 Å². The number of pyridine rings is 1. The van der Waals surface area contributed by atoms with E-state index in [0.29, 0.717) is 5.92 Å². The van der Waals surface area contributed by atoms with E-state index >= 15 is 0 Å². The van der Waals surface area contributed by atoms with Crippen LogP contribution < -0.4 is 5.56 Å². The second-order valence-corrected chi connectivity index (χ2v) is 11.2. The molecule has 5 nitrogen and oxygen atoms in total. The van der Waals surface area contributed by atoms with Gasteiger partial charge < -0.3 is 19.6 Å². The van der Waals surface area contributed by atoms with Gasteiger partial charge in [-0.25, -0.2) is 0 Å². The maximum absolute atomic E-state index is 12.4. The molecule has 1 aliphatic rings. The third kappa shape index (κ3) is 4.43. The highest BCUT2D eigenvalue weighted by Gasteiger charge is 2.25. The summed E-state index contributed by atoms with van der Waals surface area (Å²) in [5.41, 5.74) is 8.46. The maximum Gasteiger partial charge on any atom is 0.253 e. The van der Waals surface area contributed by atoms with E-state index in [1.807, 2.05) is 40.9 Å². The molecule has 5 rings (SSSR count). The zero-order valence-corrected chi connectivity index (χ0v) is 21.8. The first kappa shape index (κ1) is 23.8. The van der Waals surface area contributed by atoms with Crippen molar-refractivity contribution in [3.63, 3.8) is 0 Å². The lowest BCUT2D eigenvalue weighted by atomic mass is 9.88. The number of hydrogen-bond acceptors (Lipinski definition) is 3. The van der Waals surface area contributed by atoms with E-state index in [9.17, 15) is 9.90 Å². The minimum Gasteiger partial charge on any atom is -0.389 e. The van der Waals surface area contributed by atoms with Crippen LogP contribution in [0.1, 0.15) is 54.9 Å². The molecule has 0 atom stereocenters. The van der Waals surface area contributed by atoms with Crippen molar-refractivity contribution in [3.05, 3.63) is 69.1 Å². The Morgan fingerprint density at radius 2 is 1.66 bits per heavy atom. The van der Waals surface area contributed by atoms with Crippen molar-refractivity contribution in [3.8, 4) is 11.1 Å². The lowest BCUT2D eigenvalue weighted by molar-refractivity contribution is 0.0282. The number of aromatic nitrogens is 2. The number of piperidine rings is 1. The first-order valence-corrected chi connectivity index (χ1v) is 12.7. The quantitative estimate of drug-likeness (QED) is 0.409. The average Bonchev–Trinajstić information content (AvgIpc) is 3.16. The normalized spacial score (nSPS) is 16.0. The SMILES string of the molecule is Cc1cc2c(cc1-c1cn(C)c(=O)c(C)c1C)[nH]c1ccc(C3CCN(CC(C)(C)O)CC3)cc12. The summed E-state index contributed by atoms with van der Waals surface area (Å²) in [5, 5.41) is 12.7. The first-order chi connectivity index (χ1) is 16.5. The van der Waals surface area contributed by atoms with E-state index in [1.54, 1.807) is 4.57 Å². The van der Waals surface area contributed by atoms with Crippen molar-refractivity contribution in [2.45, 2.75) is 59.0 Å². The molecule has 1 saturated heterocycles. The summed E-state index contributed by atoms with van der Waals surface area (Å²) in [6.07, 6.45) is 4.21. The molecule has 0 amide bonds. The Morgan fingerprint density at radius 1 is 0.971 bits per heavy atom. The van der Waals surface area contributed by atoms with Crippen molar-refractivity contribution in [1.29, 1.82) is 0 Å². The molecule has 0 spiro atoms. The number of benzene rings is 2. The van der Waals surface area contributed by atoms with E-state index in [2.05, 4.69) is 47.1 Å². The van der Waals surface area contributed by atoms with Crippen LogP contribution >= 0.6 is 0 Å². The molecule has 0 aliphatic carbocycles. The van der Waals surface area contributed by atoms with Crippen LogP contribution in [0.25, 0.3) is 32.9 Å². The minimum absolute atomic E-state index is 0.0639. The molecular weight excluding hydrogens is 434 g/mol. The Labute approximate surface area is 207 Å². The predicted molar refractivity (Wildman–Crippen MR) is 145 cm³/mol. The van der Waals surface area contributed by atoms with Gasteiger partial charge in [-0.2, -0.15) is 0 Å². The van der Waals surface area contributed by atoms with Crippen LogP contribution in [0.2, 0.25) is 0 Å². The Kier molecular flexibility index (Phi) is 5.89. The molecule has 1 fully saturated rings. The molecule has 4 aromatic rings. The summed E-state index contributed by atoms with van der Waals surface area (Å²) in [5.74, 6) is 0.555. The second-order valence-electron chi connectivity index (χ2n) is 11.2. The molecule has 0 saturated carbocycles. The van der Waals surface area contributed by atoms with Gasteiger partial charge in [-0.15, -0.1) is 0 Å². The molecule has 35 heavy (non-hydrogen) atoms. The number of rotatable bonds is 4. The van der Waals surface area contributed by atoms with Gasteiger partial charge in [-0.1, -0.05) is 6.07 Å². The average molecular weight is 472 g/mol. The maximum atomic E-state index is 12.4. The fraction of sp³-hybridized carbons (Fsp3) is 0.433. The fourth-order valence-electron chi connectivity index (χ4n) is 5.84. The summed E-state index contributed by atoms with van der Waals surface area (Å²) in [7, 11) is 1.83. The molecule has 3 heterocycles. The van der Waals surface area contributed by atoms with Gasteiger partial charge in [-0.05, 0) is 113 Å². The summed E-state index contributed by atoms with van der Waals surface area (Å²) in [6.45, 7) is 12.7. The zero-order chi connectivity index (χ0) is 25.1. The minimum atomic E-state index is -0.641. The Bertz CT molecular complexity index is 1480. The van der Waals surface area contributed by atoms with Crippen LogP contribution in [0.3, 0.4) is 0 Å². The number of fused-ring (bicyclic) bond motifs is 3. The van der Waals surface area contributed by atoms with E-state index in [4.69, 9.17) is 0 Å². The van der Waals surface area contributed by atoms with Crippen LogP contribution in [-0.4, -0.2) is 44.8 Å². The van der Waals surface area contributed by atoms with Crippen molar-refractivity contribution in [2.75, 3.05) is 19.6 Å². The number of hydrogen-bond donors (Lipinski definition) is 2. The van der Waals surface area contributed by atoms with Gasteiger partial charge >= 0.3 is 0 Å². The summed E-state index contributed by atoms with van der Waals surface area (Å²) < 4.78 is 1.69. The Balaban J connectivity index is 1.50. The molecule has 2 aromatic carbocycles. The topological polar surface area (TPSA) is 61.3 Å². The summed E-state index contributed by atoms with van der Waals surface area (Å²) >= 11 is 0. The molecule has 0 unspecified atom stereocenters. The van der Waals surface area contributed by atoms with Crippen LogP contribution in [0.15, 0.2) is 41.3 Å². The van der Waals surface area contributed by atoms with Crippen LogP contribution in [0.5, 0.6) is 0 Å². The molecule has 184 valence electrons. The number of nitrogens with zero attached hydrogens (tertiary/aromatic N) is 2. The smallest absolute Gasteiger partial charge is 0.253 e. The number of likely N-dealkylation sites (tertiary alicyclic amines) is 1. The number of aliphatic hydroxyl groups is 1. The monoisotopic (exact) mass is 471 g/mol. The highest BCUT2D eigenvalue weighted by atomic mass is 16.3. The second kappa shape index (κ2) is 8.65. The van der Waals surface area contributed by atoms with E-state index in [0.717, 1.165) is 60.2 Å². The van der Waals surface area contributed by atoms with Crippen molar-refractivity contribution in [1.82, 2.24) is 14.5 Å². The van der Waals surface area contributed by atoms with Gasteiger partial charge in [-0.3, -0.25) is 4.79 Å².